The number of ether oxygens (including phenoxy) is 1. The first kappa shape index (κ1) is 35.2. The van der Waals surface area contributed by atoms with Gasteiger partial charge in [-0.25, -0.2) is 12.8 Å². The molecule has 0 heterocycles. The van der Waals surface area contributed by atoms with Crippen molar-refractivity contribution in [1.82, 2.24) is 10.2 Å². The summed E-state index contributed by atoms with van der Waals surface area (Å²) < 4.78 is 48.4. The van der Waals surface area contributed by atoms with Crippen LogP contribution in [0, 0.1) is 5.82 Å². The largest absolute Gasteiger partial charge is 0.497 e. The van der Waals surface area contributed by atoms with Crippen LogP contribution in [0.4, 0.5) is 10.1 Å². The van der Waals surface area contributed by atoms with Crippen LogP contribution in [0.5, 0.6) is 5.75 Å². The third kappa shape index (κ3) is 8.66. The molecule has 1 fully saturated rings. The lowest BCUT2D eigenvalue weighted by atomic mass is 10.0. The van der Waals surface area contributed by atoms with Crippen molar-refractivity contribution in [3.05, 3.63) is 124 Å². The van der Waals surface area contributed by atoms with Crippen LogP contribution in [0.25, 0.3) is 0 Å². The second-order valence-corrected chi connectivity index (χ2v) is 14.3. The molecule has 48 heavy (non-hydrogen) atoms. The van der Waals surface area contributed by atoms with Gasteiger partial charge in [0.15, 0.2) is 0 Å². The Morgan fingerprint density at radius 1 is 0.896 bits per heavy atom. The molecule has 5 rings (SSSR count). The highest BCUT2D eigenvalue weighted by Gasteiger charge is 2.35. The quantitative estimate of drug-likeness (QED) is 0.161. The summed E-state index contributed by atoms with van der Waals surface area (Å²) in [5.74, 6) is -1.11. The molecule has 0 radical (unpaired) electrons. The van der Waals surface area contributed by atoms with E-state index >= 15 is 0 Å². The molecule has 1 atom stereocenters. The lowest BCUT2D eigenvalue weighted by Gasteiger charge is -2.34. The highest BCUT2D eigenvalue weighted by atomic mass is 35.5. The van der Waals surface area contributed by atoms with E-state index in [-0.39, 0.29) is 40.5 Å². The maximum Gasteiger partial charge on any atom is 0.264 e. The number of benzene rings is 4. The van der Waals surface area contributed by atoms with Gasteiger partial charge < -0.3 is 15.0 Å². The molecular formula is C36H36Cl2FN3O5S. The summed E-state index contributed by atoms with van der Waals surface area (Å²) in [4.78, 5) is 30.0. The first-order valence-electron chi connectivity index (χ1n) is 15.5. The average Bonchev–Trinajstić information content (AvgIpc) is 3.60. The van der Waals surface area contributed by atoms with Crippen molar-refractivity contribution in [1.29, 1.82) is 0 Å². The van der Waals surface area contributed by atoms with Gasteiger partial charge in [0.1, 0.15) is 24.2 Å². The molecule has 252 valence electrons. The zero-order valence-electron chi connectivity index (χ0n) is 26.3. The number of halogens is 3. The van der Waals surface area contributed by atoms with E-state index in [9.17, 15) is 22.4 Å². The summed E-state index contributed by atoms with van der Waals surface area (Å²) in [5, 5.41) is 3.73. The van der Waals surface area contributed by atoms with Gasteiger partial charge in [0, 0.05) is 19.0 Å². The highest BCUT2D eigenvalue weighted by molar-refractivity contribution is 7.92. The van der Waals surface area contributed by atoms with E-state index in [4.69, 9.17) is 27.9 Å². The maximum absolute atomic E-state index is 14.6. The predicted octanol–water partition coefficient (Wildman–Crippen LogP) is 7.04. The first-order valence-corrected chi connectivity index (χ1v) is 17.7. The lowest BCUT2D eigenvalue weighted by Crippen LogP contribution is -2.54. The van der Waals surface area contributed by atoms with Gasteiger partial charge >= 0.3 is 0 Å². The maximum atomic E-state index is 14.6. The molecule has 0 aromatic heterocycles. The van der Waals surface area contributed by atoms with E-state index < -0.39 is 34.3 Å². The minimum Gasteiger partial charge on any atom is -0.497 e. The second-order valence-electron chi connectivity index (χ2n) is 11.6. The molecule has 4 aromatic rings. The van der Waals surface area contributed by atoms with Gasteiger partial charge in [-0.3, -0.25) is 13.9 Å². The number of sulfonamides is 1. The summed E-state index contributed by atoms with van der Waals surface area (Å²) in [6.07, 6.45) is 3.84. The fourth-order valence-electron chi connectivity index (χ4n) is 5.77. The van der Waals surface area contributed by atoms with Crippen LogP contribution < -0.4 is 14.4 Å². The van der Waals surface area contributed by atoms with Crippen LogP contribution in [-0.4, -0.2) is 50.9 Å². The van der Waals surface area contributed by atoms with Crippen molar-refractivity contribution in [2.45, 2.75) is 55.6 Å². The van der Waals surface area contributed by atoms with E-state index in [1.165, 1.54) is 48.4 Å². The molecule has 12 heteroatoms. The SMILES string of the molecule is COc1ccc(S(=O)(=O)N(CC(=O)N(Cc2ccc(Cl)c(Cl)c2)[C@@H](Cc2ccccc2)C(=O)NC2CCCC2)c2ccc(F)cc2)cc1. The van der Waals surface area contributed by atoms with Gasteiger partial charge in [-0.2, -0.15) is 0 Å². The third-order valence-electron chi connectivity index (χ3n) is 8.35. The molecule has 0 unspecified atom stereocenters. The van der Waals surface area contributed by atoms with Gasteiger partial charge in [0.05, 0.1) is 27.7 Å². The number of nitrogens with zero attached hydrogens (tertiary/aromatic N) is 2. The predicted molar refractivity (Wildman–Crippen MR) is 185 cm³/mol. The summed E-state index contributed by atoms with van der Waals surface area (Å²) in [6.45, 7) is -0.742. The number of amides is 2. The molecule has 0 spiro atoms. The number of carbonyl (C=O) groups excluding carboxylic acids is 2. The van der Waals surface area contributed by atoms with Crippen LogP contribution in [0.1, 0.15) is 36.8 Å². The van der Waals surface area contributed by atoms with Crippen LogP contribution in [0.2, 0.25) is 10.0 Å². The van der Waals surface area contributed by atoms with E-state index in [1.807, 2.05) is 30.3 Å². The van der Waals surface area contributed by atoms with Crippen molar-refractivity contribution in [2.24, 2.45) is 0 Å². The summed E-state index contributed by atoms with van der Waals surface area (Å²) >= 11 is 12.5. The van der Waals surface area contributed by atoms with E-state index in [1.54, 1.807) is 18.2 Å². The monoisotopic (exact) mass is 711 g/mol. The molecule has 1 saturated carbocycles. The molecule has 0 saturated heterocycles. The van der Waals surface area contributed by atoms with Crippen LogP contribution in [-0.2, 0) is 32.6 Å². The summed E-state index contributed by atoms with van der Waals surface area (Å²) in [6, 6.07) is 23.8. The number of anilines is 1. The van der Waals surface area contributed by atoms with Gasteiger partial charge in [-0.05, 0) is 84.6 Å². The number of hydrogen-bond acceptors (Lipinski definition) is 5. The van der Waals surface area contributed by atoms with Crippen LogP contribution in [0.15, 0.2) is 102 Å². The Morgan fingerprint density at radius 2 is 1.56 bits per heavy atom. The Bertz CT molecular complexity index is 1820. The Morgan fingerprint density at radius 3 is 2.19 bits per heavy atom. The molecule has 0 aliphatic heterocycles. The van der Waals surface area contributed by atoms with E-state index in [0.29, 0.717) is 16.3 Å². The zero-order chi connectivity index (χ0) is 34.3. The summed E-state index contributed by atoms with van der Waals surface area (Å²) in [7, 11) is -2.90. The Balaban J connectivity index is 1.57. The molecule has 1 aliphatic rings. The molecule has 1 N–H and O–H groups in total. The Hall–Kier alpha value is -4.12. The van der Waals surface area contributed by atoms with E-state index in [0.717, 1.165) is 47.7 Å². The van der Waals surface area contributed by atoms with Gasteiger partial charge in [-0.1, -0.05) is 72.4 Å². The van der Waals surface area contributed by atoms with Crippen LogP contribution in [0.3, 0.4) is 0 Å². The Kier molecular flexibility index (Phi) is 11.6. The molecule has 1 aliphatic carbocycles. The molecule has 0 bridgehead atoms. The van der Waals surface area contributed by atoms with Crippen molar-refractivity contribution in [3.63, 3.8) is 0 Å². The minimum absolute atomic E-state index is 0.0242. The van der Waals surface area contributed by atoms with E-state index in [2.05, 4.69) is 5.32 Å². The van der Waals surface area contributed by atoms with Gasteiger partial charge in [-0.15, -0.1) is 0 Å². The molecule has 2 amide bonds. The van der Waals surface area contributed by atoms with Gasteiger partial charge in [0.25, 0.3) is 10.0 Å². The van der Waals surface area contributed by atoms with Crippen molar-refractivity contribution < 1.29 is 27.1 Å². The highest BCUT2D eigenvalue weighted by Crippen LogP contribution is 2.28. The fourth-order valence-corrected chi connectivity index (χ4v) is 7.50. The van der Waals surface area contributed by atoms with Gasteiger partial charge in [0.2, 0.25) is 11.8 Å². The topological polar surface area (TPSA) is 96.0 Å². The summed E-state index contributed by atoms with van der Waals surface area (Å²) in [5.41, 5.74) is 1.48. The number of methoxy groups -OCH3 is 1. The zero-order valence-corrected chi connectivity index (χ0v) is 28.6. The average molecular weight is 713 g/mol. The van der Waals surface area contributed by atoms with Crippen molar-refractivity contribution >= 4 is 50.7 Å². The Labute approximate surface area is 290 Å². The third-order valence-corrected chi connectivity index (χ3v) is 10.9. The second kappa shape index (κ2) is 15.9. The number of carbonyl (C=O) groups is 2. The molecule has 8 nitrogen and oxygen atoms in total. The van der Waals surface area contributed by atoms with Crippen molar-refractivity contribution in [3.8, 4) is 5.75 Å². The fraction of sp³-hybridized carbons (Fsp3) is 0.278. The smallest absolute Gasteiger partial charge is 0.264 e. The van der Waals surface area contributed by atoms with Crippen molar-refractivity contribution in [2.75, 3.05) is 18.0 Å². The normalized spacial score (nSPS) is 13.9. The number of nitrogens with one attached hydrogen (secondary N) is 1. The standard InChI is InChI=1S/C36H36Cl2FN3O5S/c1-47-30-16-18-31(19-17-30)48(45,46)42(29-14-12-27(39)13-15-29)24-35(43)41(23-26-11-20-32(37)33(38)21-26)34(22-25-7-3-2-4-8-25)36(44)40-28-9-5-6-10-28/h2-4,7-8,11-21,28,34H,5-6,9-10,22-24H2,1H3,(H,40,44)/t34-/m0/s1. The number of rotatable bonds is 13. The minimum atomic E-state index is -4.36. The molecule has 4 aromatic carbocycles. The first-order chi connectivity index (χ1) is 23.0. The molecular weight excluding hydrogens is 676 g/mol. The number of hydrogen-bond donors (Lipinski definition) is 1. The van der Waals surface area contributed by atoms with Crippen LogP contribution >= 0.6 is 23.2 Å². The lowest BCUT2D eigenvalue weighted by molar-refractivity contribution is -0.140.